The van der Waals surface area contributed by atoms with E-state index in [1.165, 1.54) is 32.2 Å². The molecule has 0 aromatic carbocycles. The molecule has 3 saturated heterocycles. The van der Waals surface area contributed by atoms with Gasteiger partial charge in [-0.15, -0.1) is 0 Å². The Morgan fingerprint density at radius 2 is 1.83 bits per heavy atom. The van der Waals surface area contributed by atoms with Crippen molar-refractivity contribution in [1.29, 1.82) is 0 Å². The molecule has 3 aliphatic rings. The largest absolute Gasteiger partial charge is 0.381 e. The van der Waals surface area contributed by atoms with Gasteiger partial charge in [-0.05, 0) is 38.1 Å². The lowest BCUT2D eigenvalue weighted by Crippen LogP contribution is -2.51. The number of morpholine rings is 1. The smallest absolute Gasteiger partial charge is 0.0707 e. The second-order valence-electron chi connectivity index (χ2n) is 6.29. The lowest BCUT2D eigenvalue weighted by molar-refractivity contribution is -0.0658. The molecule has 2 unspecified atom stereocenters. The fourth-order valence-corrected chi connectivity index (χ4v) is 3.87. The second-order valence-corrected chi connectivity index (χ2v) is 6.29. The molecule has 3 heterocycles. The van der Waals surface area contributed by atoms with Crippen molar-refractivity contribution in [3.8, 4) is 0 Å². The molecule has 104 valence electrons. The zero-order valence-corrected chi connectivity index (χ0v) is 11.5. The lowest BCUT2D eigenvalue weighted by atomic mass is 9.79. The van der Waals surface area contributed by atoms with Gasteiger partial charge in [-0.3, -0.25) is 4.90 Å². The molecule has 18 heavy (non-hydrogen) atoms. The highest BCUT2D eigenvalue weighted by Gasteiger charge is 2.39. The summed E-state index contributed by atoms with van der Waals surface area (Å²) in [4.78, 5) is 2.65. The van der Waals surface area contributed by atoms with E-state index in [4.69, 9.17) is 9.47 Å². The van der Waals surface area contributed by atoms with Gasteiger partial charge in [-0.25, -0.2) is 0 Å². The Labute approximate surface area is 110 Å². The van der Waals surface area contributed by atoms with Crippen molar-refractivity contribution in [3.05, 3.63) is 0 Å². The van der Waals surface area contributed by atoms with Crippen molar-refractivity contribution in [2.24, 2.45) is 5.41 Å². The highest BCUT2D eigenvalue weighted by Crippen LogP contribution is 2.34. The molecule has 0 spiro atoms. The first-order valence-corrected chi connectivity index (χ1v) is 7.40. The Morgan fingerprint density at radius 1 is 1.17 bits per heavy atom. The molecule has 0 amide bonds. The fourth-order valence-electron chi connectivity index (χ4n) is 3.87. The number of fused-ring (bicyclic) bond motifs is 2. The molecule has 0 radical (unpaired) electrons. The average molecular weight is 254 g/mol. The van der Waals surface area contributed by atoms with Crippen LogP contribution in [0.1, 0.15) is 25.7 Å². The zero-order chi connectivity index (χ0) is 12.4. The van der Waals surface area contributed by atoms with Gasteiger partial charge in [0.15, 0.2) is 0 Å². The van der Waals surface area contributed by atoms with Crippen molar-refractivity contribution >= 4 is 0 Å². The zero-order valence-electron chi connectivity index (χ0n) is 11.5. The summed E-state index contributed by atoms with van der Waals surface area (Å²) in [5.74, 6) is 0. The predicted octanol–water partition coefficient (Wildman–Crippen LogP) is 0.866. The van der Waals surface area contributed by atoms with E-state index in [-0.39, 0.29) is 0 Å². The molecule has 1 N–H and O–H groups in total. The quantitative estimate of drug-likeness (QED) is 0.807. The number of nitrogens with zero attached hydrogens (tertiary/aromatic N) is 1. The normalized spacial score (nSPS) is 35.8. The van der Waals surface area contributed by atoms with E-state index in [1.54, 1.807) is 0 Å². The Morgan fingerprint density at radius 3 is 2.44 bits per heavy atom. The van der Waals surface area contributed by atoms with Crippen LogP contribution >= 0.6 is 0 Å². The van der Waals surface area contributed by atoms with E-state index >= 15 is 0 Å². The molecule has 4 heteroatoms. The highest BCUT2D eigenvalue weighted by molar-refractivity contribution is 4.91. The van der Waals surface area contributed by atoms with Crippen LogP contribution in [-0.2, 0) is 9.47 Å². The molecule has 3 aliphatic heterocycles. The number of likely N-dealkylation sites (tertiary alicyclic amines) is 1. The third kappa shape index (κ3) is 2.72. The van der Waals surface area contributed by atoms with E-state index in [0.29, 0.717) is 17.6 Å². The van der Waals surface area contributed by atoms with Crippen molar-refractivity contribution in [1.82, 2.24) is 10.2 Å². The third-order valence-electron chi connectivity index (χ3n) is 4.78. The molecule has 4 nitrogen and oxygen atoms in total. The molecule has 3 rings (SSSR count). The van der Waals surface area contributed by atoms with Crippen LogP contribution in [0.3, 0.4) is 0 Å². The number of ether oxygens (including phenoxy) is 2. The summed E-state index contributed by atoms with van der Waals surface area (Å²) in [5.41, 5.74) is 0.420. The van der Waals surface area contributed by atoms with E-state index in [1.807, 2.05) is 0 Å². The number of hydrogen-bond acceptors (Lipinski definition) is 4. The Hall–Kier alpha value is -0.160. The Bertz CT molecular complexity index is 261. The third-order valence-corrected chi connectivity index (χ3v) is 4.78. The van der Waals surface area contributed by atoms with E-state index in [0.717, 1.165) is 32.8 Å². The van der Waals surface area contributed by atoms with Crippen LogP contribution in [0.4, 0.5) is 0 Å². The van der Waals surface area contributed by atoms with Crippen LogP contribution in [0.2, 0.25) is 0 Å². The van der Waals surface area contributed by atoms with Gasteiger partial charge < -0.3 is 14.8 Å². The maximum atomic E-state index is 5.93. The predicted molar refractivity (Wildman–Crippen MR) is 70.7 cm³/mol. The number of hydrogen-bond donors (Lipinski definition) is 1. The SMILES string of the molecule is CNCC1(CN2CC3CCC(C2)O3)CCOCC1. The summed E-state index contributed by atoms with van der Waals surface area (Å²) in [6.07, 6.45) is 5.94. The molecule has 0 aromatic heterocycles. The first kappa shape index (κ1) is 12.9. The Balaban J connectivity index is 1.61. The molecule has 0 aliphatic carbocycles. The van der Waals surface area contributed by atoms with Crippen LogP contribution in [0.25, 0.3) is 0 Å². The molecule has 3 fully saturated rings. The van der Waals surface area contributed by atoms with Gasteiger partial charge >= 0.3 is 0 Å². The molecular weight excluding hydrogens is 228 g/mol. The molecule has 0 saturated carbocycles. The first-order chi connectivity index (χ1) is 8.80. The monoisotopic (exact) mass is 254 g/mol. The first-order valence-electron chi connectivity index (χ1n) is 7.40. The minimum absolute atomic E-state index is 0.420. The summed E-state index contributed by atoms with van der Waals surface area (Å²) in [5, 5.41) is 3.39. The maximum absolute atomic E-state index is 5.93. The summed E-state index contributed by atoms with van der Waals surface area (Å²) < 4.78 is 11.5. The van der Waals surface area contributed by atoms with Crippen LogP contribution in [-0.4, -0.2) is 63.5 Å². The van der Waals surface area contributed by atoms with Gasteiger partial charge in [0.25, 0.3) is 0 Å². The van der Waals surface area contributed by atoms with Gasteiger partial charge in [0.05, 0.1) is 12.2 Å². The Kier molecular flexibility index (Phi) is 3.89. The van der Waals surface area contributed by atoms with E-state index in [2.05, 4.69) is 17.3 Å². The standard InChI is InChI=1S/C14H26N2O2/c1-15-10-14(4-6-17-7-5-14)11-16-8-12-2-3-13(9-16)18-12/h12-13,15H,2-11H2,1H3. The van der Waals surface area contributed by atoms with Crippen molar-refractivity contribution in [3.63, 3.8) is 0 Å². The number of nitrogens with one attached hydrogen (secondary N) is 1. The highest BCUT2D eigenvalue weighted by atomic mass is 16.5. The van der Waals surface area contributed by atoms with Crippen molar-refractivity contribution in [2.45, 2.75) is 37.9 Å². The van der Waals surface area contributed by atoms with Gasteiger partial charge in [-0.2, -0.15) is 0 Å². The van der Waals surface area contributed by atoms with Crippen LogP contribution in [0.5, 0.6) is 0 Å². The average Bonchev–Trinajstić information content (AvgIpc) is 2.70. The van der Waals surface area contributed by atoms with Crippen LogP contribution in [0, 0.1) is 5.41 Å². The van der Waals surface area contributed by atoms with Crippen molar-refractivity contribution in [2.75, 3.05) is 46.4 Å². The van der Waals surface area contributed by atoms with Crippen LogP contribution in [0.15, 0.2) is 0 Å². The number of rotatable bonds is 4. The summed E-state index contributed by atoms with van der Waals surface area (Å²) >= 11 is 0. The van der Waals surface area contributed by atoms with E-state index in [9.17, 15) is 0 Å². The van der Waals surface area contributed by atoms with Crippen molar-refractivity contribution < 1.29 is 9.47 Å². The maximum Gasteiger partial charge on any atom is 0.0707 e. The second kappa shape index (κ2) is 5.45. The lowest BCUT2D eigenvalue weighted by Gasteiger charge is -2.43. The topological polar surface area (TPSA) is 33.7 Å². The minimum atomic E-state index is 0.420. The van der Waals surface area contributed by atoms with Gasteiger partial charge in [-0.1, -0.05) is 0 Å². The van der Waals surface area contributed by atoms with Gasteiger partial charge in [0.2, 0.25) is 0 Å². The van der Waals surface area contributed by atoms with Crippen LogP contribution < -0.4 is 5.32 Å². The van der Waals surface area contributed by atoms with Gasteiger partial charge in [0.1, 0.15) is 0 Å². The molecule has 0 aromatic rings. The molecule has 2 atom stereocenters. The summed E-state index contributed by atoms with van der Waals surface area (Å²) in [6, 6.07) is 0. The van der Waals surface area contributed by atoms with Gasteiger partial charge in [0, 0.05) is 39.4 Å². The summed E-state index contributed by atoms with van der Waals surface area (Å²) in [6.45, 7) is 6.47. The molecule has 2 bridgehead atoms. The summed E-state index contributed by atoms with van der Waals surface area (Å²) in [7, 11) is 2.07. The minimum Gasteiger partial charge on any atom is -0.381 e. The van der Waals surface area contributed by atoms with E-state index < -0.39 is 0 Å². The molecular formula is C14H26N2O2. The fraction of sp³-hybridized carbons (Fsp3) is 1.00.